The second kappa shape index (κ2) is 4.67. The molecule has 1 nitrogen and oxygen atoms in total. The second-order valence-electron chi connectivity index (χ2n) is 5.45. The van der Waals surface area contributed by atoms with Gasteiger partial charge < -0.3 is 5.11 Å². The number of phenolic OH excluding ortho intramolecular Hbond substituents is 1. The van der Waals surface area contributed by atoms with Crippen molar-refractivity contribution in [1.82, 2.24) is 0 Å². The molecule has 1 atom stereocenters. The minimum Gasteiger partial charge on any atom is -0.508 e. The number of rotatable bonds is 2. The van der Waals surface area contributed by atoms with E-state index in [1.807, 2.05) is 12.1 Å². The van der Waals surface area contributed by atoms with Gasteiger partial charge >= 0.3 is 0 Å². The lowest BCUT2D eigenvalue weighted by molar-refractivity contribution is 0.445. The summed E-state index contributed by atoms with van der Waals surface area (Å²) in [7, 11) is 0. The zero-order chi connectivity index (χ0) is 12.5. The Bertz CT molecular complexity index is 377. The standard InChI is InChI=1S/C14H21ClO/c1-6-9(2)10-7-13(16)11(8-12(10)15)14(3,4)5/h7-9,16H,6H2,1-5H3. The molecule has 1 N–H and O–H groups in total. The van der Waals surface area contributed by atoms with Crippen molar-refractivity contribution in [2.75, 3.05) is 0 Å². The van der Waals surface area contributed by atoms with Gasteiger partial charge in [-0.2, -0.15) is 0 Å². The number of benzene rings is 1. The first kappa shape index (κ1) is 13.4. The van der Waals surface area contributed by atoms with Crippen LogP contribution in [0.1, 0.15) is 58.1 Å². The van der Waals surface area contributed by atoms with Crippen LogP contribution in [0.5, 0.6) is 5.75 Å². The van der Waals surface area contributed by atoms with E-state index >= 15 is 0 Å². The second-order valence-corrected chi connectivity index (χ2v) is 5.86. The van der Waals surface area contributed by atoms with Crippen molar-refractivity contribution in [3.63, 3.8) is 0 Å². The zero-order valence-corrected chi connectivity index (χ0v) is 11.5. The third-order valence-corrected chi connectivity index (χ3v) is 3.39. The highest BCUT2D eigenvalue weighted by Gasteiger charge is 2.21. The molecule has 0 saturated carbocycles. The lowest BCUT2D eigenvalue weighted by atomic mass is 9.84. The Morgan fingerprint density at radius 3 is 2.31 bits per heavy atom. The Balaban J connectivity index is 3.28. The summed E-state index contributed by atoms with van der Waals surface area (Å²) in [6.07, 6.45) is 1.02. The molecule has 1 rings (SSSR count). The predicted octanol–water partition coefficient (Wildman–Crippen LogP) is 4.86. The summed E-state index contributed by atoms with van der Waals surface area (Å²) in [5.74, 6) is 0.736. The Morgan fingerprint density at radius 1 is 1.31 bits per heavy atom. The zero-order valence-electron chi connectivity index (χ0n) is 10.8. The van der Waals surface area contributed by atoms with Crippen molar-refractivity contribution in [3.8, 4) is 5.75 Å². The monoisotopic (exact) mass is 240 g/mol. The van der Waals surface area contributed by atoms with Gasteiger partial charge in [-0.3, -0.25) is 0 Å². The van der Waals surface area contributed by atoms with Gasteiger partial charge in [0.25, 0.3) is 0 Å². The fourth-order valence-corrected chi connectivity index (χ4v) is 2.13. The lowest BCUT2D eigenvalue weighted by Gasteiger charge is -2.23. The van der Waals surface area contributed by atoms with E-state index in [2.05, 4.69) is 34.6 Å². The Labute approximate surface area is 103 Å². The van der Waals surface area contributed by atoms with Crippen molar-refractivity contribution in [2.24, 2.45) is 0 Å². The average Bonchev–Trinajstić information content (AvgIpc) is 2.18. The predicted molar refractivity (Wildman–Crippen MR) is 70.5 cm³/mol. The number of hydrogen-bond donors (Lipinski definition) is 1. The van der Waals surface area contributed by atoms with Gasteiger partial charge in [-0.05, 0) is 35.4 Å². The number of phenols is 1. The molecule has 1 aromatic carbocycles. The van der Waals surface area contributed by atoms with Gasteiger partial charge in [0.15, 0.2) is 0 Å². The van der Waals surface area contributed by atoms with E-state index in [4.69, 9.17) is 11.6 Å². The first-order chi connectivity index (χ1) is 7.27. The van der Waals surface area contributed by atoms with E-state index in [-0.39, 0.29) is 5.41 Å². The summed E-state index contributed by atoms with van der Waals surface area (Å²) in [6, 6.07) is 3.72. The van der Waals surface area contributed by atoms with E-state index in [1.54, 1.807) is 0 Å². The molecule has 1 unspecified atom stereocenters. The first-order valence-corrected chi connectivity index (χ1v) is 6.18. The molecule has 0 fully saturated rings. The third-order valence-electron chi connectivity index (χ3n) is 3.07. The quantitative estimate of drug-likeness (QED) is 0.783. The molecule has 2 heteroatoms. The molecule has 1 aromatic rings. The molecule has 0 bridgehead atoms. The fourth-order valence-electron chi connectivity index (χ4n) is 1.78. The lowest BCUT2D eigenvalue weighted by Crippen LogP contribution is -2.12. The number of hydrogen-bond acceptors (Lipinski definition) is 1. The SMILES string of the molecule is CCC(C)c1cc(O)c(C(C)(C)C)cc1Cl. The molecule has 0 aromatic heterocycles. The molecule has 90 valence electrons. The molecule has 0 radical (unpaired) electrons. The minimum atomic E-state index is -0.0816. The van der Waals surface area contributed by atoms with Gasteiger partial charge in [0, 0.05) is 10.6 Å². The van der Waals surface area contributed by atoms with E-state index in [0.717, 1.165) is 22.6 Å². The summed E-state index contributed by atoms with van der Waals surface area (Å²) in [6.45, 7) is 10.5. The molecular formula is C14H21ClO. The van der Waals surface area contributed by atoms with Crippen LogP contribution in [-0.2, 0) is 5.41 Å². The normalized spacial score (nSPS) is 13.9. The molecular weight excluding hydrogens is 220 g/mol. The van der Waals surface area contributed by atoms with Crippen molar-refractivity contribution < 1.29 is 5.11 Å². The van der Waals surface area contributed by atoms with Gasteiger partial charge in [-0.15, -0.1) is 0 Å². The molecule has 0 saturated heterocycles. The van der Waals surface area contributed by atoms with Gasteiger partial charge in [-0.1, -0.05) is 46.2 Å². The Kier molecular flexibility index (Phi) is 3.90. The van der Waals surface area contributed by atoms with Gasteiger partial charge in [0.1, 0.15) is 5.75 Å². The van der Waals surface area contributed by atoms with Crippen LogP contribution in [0.25, 0.3) is 0 Å². The van der Waals surface area contributed by atoms with Crippen LogP contribution in [-0.4, -0.2) is 5.11 Å². The number of aromatic hydroxyl groups is 1. The maximum absolute atomic E-state index is 10.0. The Hall–Kier alpha value is -0.690. The fraction of sp³-hybridized carbons (Fsp3) is 0.571. The van der Waals surface area contributed by atoms with Crippen LogP contribution in [0, 0.1) is 0 Å². The highest BCUT2D eigenvalue weighted by atomic mass is 35.5. The number of halogens is 1. The molecule has 0 amide bonds. The Morgan fingerprint density at radius 2 is 1.88 bits per heavy atom. The van der Waals surface area contributed by atoms with Crippen LogP contribution < -0.4 is 0 Å². The van der Waals surface area contributed by atoms with Gasteiger partial charge in [0.2, 0.25) is 0 Å². The highest BCUT2D eigenvalue weighted by molar-refractivity contribution is 6.31. The van der Waals surface area contributed by atoms with E-state index in [1.165, 1.54) is 0 Å². The molecule has 0 spiro atoms. The van der Waals surface area contributed by atoms with E-state index in [0.29, 0.717) is 11.7 Å². The summed E-state index contributed by atoms with van der Waals surface area (Å²) < 4.78 is 0. The maximum atomic E-state index is 10.0. The summed E-state index contributed by atoms with van der Waals surface area (Å²) >= 11 is 6.27. The third kappa shape index (κ3) is 2.70. The largest absolute Gasteiger partial charge is 0.508 e. The van der Waals surface area contributed by atoms with Crippen LogP contribution in [0.15, 0.2) is 12.1 Å². The van der Waals surface area contributed by atoms with Crippen LogP contribution in [0.2, 0.25) is 5.02 Å². The van der Waals surface area contributed by atoms with E-state index in [9.17, 15) is 5.11 Å². The minimum absolute atomic E-state index is 0.0816. The van der Waals surface area contributed by atoms with Crippen molar-refractivity contribution in [1.29, 1.82) is 0 Å². The topological polar surface area (TPSA) is 20.2 Å². The van der Waals surface area contributed by atoms with Crippen molar-refractivity contribution in [3.05, 3.63) is 28.3 Å². The molecule has 16 heavy (non-hydrogen) atoms. The van der Waals surface area contributed by atoms with Crippen LogP contribution in [0.3, 0.4) is 0 Å². The highest BCUT2D eigenvalue weighted by Crippen LogP contribution is 2.37. The molecule has 0 aliphatic rings. The van der Waals surface area contributed by atoms with Crippen molar-refractivity contribution >= 4 is 11.6 Å². The summed E-state index contributed by atoms with van der Waals surface area (Å²) in [4.78, 5) is 0. The van der Waals surface area contributed by atoms with Gasteiger partial charge in [0.05, 0.1) is 0 Å². The smallest absolute Gasteiger partial charge is 0.119 e. The van der Waals surface area contributed by atoms with Crippen molar-refractivity contribution in [2.45, 2.75) is 52.4 Å². The molecule has 0 aliphatic heterocycles. The van der Waals surface area contributed by atoms with Crippen LogP contribution >= 0.6 is 11.6 Å². The summed E-state index contributed by atoms with van der Waals surface area (Å²) in [5, 5.41) is 10.8. The molecule has 0 heterocycles. The van der Waals surface area contributed by atoms with Gasteiger partial charge in [-0.25, -0.2) is 0 Å². The average molecular weight is 241 g/mol. The summed E-state index contributed by atoms with van der Waals surface area (Å²) in [5.41, 5.74) is 1.86. The molecule has 0 aliphatic carbocycles. The van der Waals surface area contributed by atoms with Crippen LogP contribution in [0.4, 0.5) is 0 Å². The first-order valence-electron chi connectivity index (χ1n) is 5.80. The maximum Gasteiger partial charge on any atom is 0.119 e. The van der Waals surface area contributed by atoms with E-state index < -0.39 is 0 Å².